The predicted octanol–water partition coefficient (Wildman–Crippen LogP) is 2.06. The van der Waals surface area contributed by atoms with Gasteiger partial charge in [0, 0.05) is 26.2 Å². The van der Waals surface area contributed by atoms with Crippen molar-refractivity contribution in [3.8, 4) is 0 Å². The summed E-state index contributed by atoms with van der Waals surface area (Å²) in [6, 6.07) is 0.997. The monoisotopic (exact) mass is 429 g/mol. The largest absolute Gasteiger partial charge is 0.350 e. The summed E-state index contributed by atoms with van der Waals surface area (Å²) in [5.41, 5.74) is 1.32. The maximum absolute atomic E-state index is 13.5. The minimum atomic E-state index is -0.435. The molecule has 9 nitrogen and oxygen atoms in total. The molecule has 30 heavy (non-hydrogen) atoms. The molecule has 1 aliphatic heterocycles. The Balaban J connectivity index is 1.60. The number of aromatic nitrogens is 4. The highest BCUT2D eigenvalue weighted by molar-refractivity contribution is 7.18. The van der Waals surface area contributed by atoms with Crippen molar-refractivity contribution in [2.24, 2.45) is 0 Å². The van der Waals surface area contributed by atoms with Gasteiger partial charge >= 0.3 is 0 Å². The number of pyridine rings is 1. The van der Waals surface area contributed by atoms with Crippen molar-refractivity contribution >= 4 is 39.4 Å². The van der Waals surface area contributed by atoms with Crippen LogP contribution in [0.5, 0.6) is 0 Å². The Kier molecular flexibility index (Phi) is 5.29. The van der Waals surface area contributed by atoms with Gasteiger partial charge in [-0.2, -0.15) is 4.98 Å². The molecule has 0 saturated carbocycles. The molecule has 11 heteroatoms. The highest BCUT2D eigenvalue weighted by Crippen LogP contribution is 2.27. The number of nitrogens with zero attached hydrogens (tertiary/aromatic N) is 5. The minimum Gasteiger partial charge on any atom is -0.350 e. The Hall–Kier alpha value is -3.21. The number of anilines is 1. The van der Waals surface area contributed by atoms with Gasteiger partial charge in [0.05, 0.1) is 23.3 Å². The number of nitrogens with one attached hydrogen (secondary N) is 2. The molecule has 0 unspecified atom stereocenters. The van der Waals surface area contributed by atoms with Crippen LogP contribution in [-0.2, 0) is 4.79 Å². The molecule has 0 spiro atoms. The van der Waals surface area contributed by atoms with Gasteiger partial charge in [-0.1, -0.05) is 0 Å². The van der Waals surface area contributed by atoms with Crippen molar-refractivity contribution in [2.75, 3.05) is 18.4 Å². The van der Waals surface area contributed by atoms with Crippen LogP contribution >= 0.6 is 11.3 Å². The first-order chi connectivity index (χ1) is 14.3. The third-order valence-electron chi connectivity index (χ3n) is 4.71. The molecule has 1 aliphatic rings. The van der Waals surface area contributed by atoms with Gasteiger partial charge in [0.1, 0.15) is 10.5 Å². The van der Waals surface area contributed by atoms with Crippen LogP contribution in [0, 0.1) is 12.7 Å². The summed E-state index contributed by atoms with van der Waals surface area (Å²) in [4.78, 5) is 43.0. The average Bonchev–Trinajstić information content (AvgIpc) is 3.03. The van der Waals surface area contributed by atoms with Crippen molar-refractivity contribution in [3.63, 3.8) is 0 Å². The van der Waals surface area contributed by atoms with Crippen molar-refractivity contribution in [1.82, 2.24) is 30.2 Å². The second-order valence-corrected chi connectivity index (χ2v) is 8.39. The van der Waals surface area contributed by atoms with E-state index in [0.717, 1.165) is 11.2 Å². The topological polar surface area (TPSA) is 113 Å². The van der Waals surface area contributed by atoms with Crippen LogP contribution in [-0.4, -0.2) is 55.8 Å². The molecule has 4 rings (SSSR count). The van der Waals surface area contributed by atoms with Crippen LogP contribution in [0.1, 0.15) is 40.9 Å². The van der Waals surface area contributed by atoms with Crippen molar-refractivity contribution in [3.05, 3.63) is 40.5 Å². The fourth-order valence-corrected chi connectivity index (χ4v) is 4.09. The zero-order valence-electron chi connectivity index (χ0n) is 16.6. The number of amides is 2. The summed E-state index contributed by atoms with van der Waals surface area (Å²) < 4.78 is 14.1. The van der Waals surface area contributed by atoms with E-state index in [-0.39, 0.29) is 35.5 Å². The highest BCUT2D eigenvalue weighted by atomic mass is 32.1. The second kappa shape index (κ2) is 7.90. The van der Waals surface area contributed by atoms with Gasteiger partial charge in [-0.05, 0) is 25.5 Å². The molecule has 156 valence electrons. The summed E-state index contributed by atoms with van der Waals surface area (Å²) in [5.74, 6) is -0.570. The molecule has 2 N–H and O–H groups in total. The molecular formula is C19H20FN7O2S. The number of thiazole rings is 1. The zero-order valence-corrected chi connectivity index (χ0v) is 17.5. The summed E-state index contributed by atoms with van der Waals surface area (Å²) in [5, 5.41) is 6.66. The number of hydrogen-bond acceptors (Lipinski definition) is 8. The Bertz CT molecular complexity index is 1130. The third kappa shape index (κ3) is 4.06. The lowest BCUT2D eigenvalue weighted by Gasteiger charge is -2.39. The zero-order chi connectivity index (χ0) is 21.4. The minimum absolute atomic E-state index is 0.0509. The smallest absolute Gasteiger partial charge is 0.274 e. The Morgan fingerprint density at radius 2 is 2.03 bits per heavy atom. The van der Waals surface area contributed by atoms with Crippen LogP contribution in [0.3, 0.4) is 0 Å². The van der Waals surface area contributed by atoms with E-state index in [1.54, 1.807) is 11.1 Å². The molecular weight excluding hydrogens is 409 g/mol. The molecule has 1 saturated heterocycles. The summed E-state index contributed by atoms with van der Waals surface area (Å²) >= 11 is 1.36. The van der Waals surface area contributed by atoms with Crippen LogP contribution in [0.25, 0.3) is 10.3 Å². The lowest BCUT2D eigenvalue weighted by atomic mass is 10.1. The second-order valence-electron chi connectivity index (χ2n) is 7.19. The molecule has 0 bridgehead atoms. The van der Waals surface area contributed by atoms with E-state index in [1.807, 2.05) is 13.8 Å². The number of carbonyl (C=O) groups is 2. The van der Waals surface area contributed by atoms with Crippen molar-refractivity contribution in [2.45, 2.75) is 32.9 Å². The number of hydrogen-bond donors (Lipinski definition) is 2. The number of halogens is 1. The molecule has 2 amide bonds. The molecule has 1 atom stereocenters. The van der Waals surface area contributed by atoms with E-state index in [1.165, 1.54) is 24.3 Å². The molecule has 0 aromatic carbocycles. The molecule has 1 fully saturated rings. The van der Waals surface area contributed by atoms with Gasteiger partial charge in [0.25, 0.3) is 5.91 Å². The van der Waals surface area contributed by atoms with Crippen LogP contribution in [0.4, 0.5) is 10.3 Å². The SMILES string of the molecule is CC(=O)NC1CN(C(=O)c2nc(N[C@@H](C)c3cncc(F)c3)nc3nc(C)sc23)C1. The van der Waals surface area contributed by atoms with E-state index >= 15 is 0 Å². The summed E-state index contributed by atoms with van der Waals surface area (Å²) in [7, 11) is 0. The summed E-state index contributed by atoms with van der Waals surface area (Å²) in [6.45, 7) is 5.97. The van der Waals surface area contributed by atoms with Gasteiger partial charge in [0.2, 0.25) is 11.9 Å². The first kappa shape index (κ1) is 20.1. The van der Waals surface area contributed by atoms with Crippen LogP contribution in [0.2, 0.25) is 0 Å². The van der Waals surface area contributed by atoms with Gasteiger partial charge in [0.15, 0.2) is 11.3 Å². The average molecular weight is 429 g/mol. The van der Waals surface area contributed by atoms with Gasteiger partial charge in [-0.3, -0.25) is 14.6 Å². The molecule has 4 heterocycles. The quantitative estimate of drug-likeness (QED) is 0.638. The maximum Gasteiger partial charge on any atom is 0.274 e. The molecule has 0 radical (unpaired) electrons. The van der Waals surface area contributed by atoms with E-state index in [4.69, 9.17) is 0 Å². The van der Waals surface area contributed by atoms with E-state index < -0.39 is 5.82 Å². The Morgan fingerprint density at radius 3 is 2.73 bits per heavy atom. The number of rotatable bonds is 5. The number of aryl methyl sites for hydroxylation is 1. The Morgan fingerprint density at radius 1 is 1.27 bits per heavy atom. The Labute approximate surface area is 175 Å². The van der Waals surface area contributed by atoms with Crippen molar-refractivity contribution < 1.29 is 14.0 Å². The highest BCUT2D eigenvalue weighted by Gasteiger charge is 2.34. The van der Waals surface area contributed by atoms with Gasteiger partial charge in [-0.25, -0.2) is 14.4 Å². The van der Waals surface area contributed by atoms with Crippen molar-refractivity contribution in [1.29, 1.82) is 0 Å². The fraction of sp³-hybridized carbons (Fsp3) is 0.368. The standard InChI is InChI=1S/C19H20FN7O2S/c1-9(12-4-13(20)6-21-5-12)22-19-25-15(16-17(26-19)24-11(3)30-16)18(29)27-7-14(8-27)23-10(2)28/h4-6,9,14H,7-8H2,1-3H3,(H,23,28)(H,22,25,26)/t9-/m0/s1. The van der Waals surface area contributed by atoms with Gasteiger partial charge < -0.3 is 15.5 Å². The molecule has 0 aliphatic carbocycles. The molecule has 3 aromatic heterocycles. The fourth-order valence-electron chi connectivity index (χ4n) is 3.25. The van der Waals surface area contributed by atoms with Gasteiger partial charge in [-0.15, -0.1) is 11.3 Å². The first-order valence-corrected chi connectivity index (χ1v) is 10.2. The van der Waals surface area contributed by atoms with Crippen LogP contribution < -0.4 is 10.6 Å². The lowest BCUT2D eigenvalue weighted by molar-refractivity contribution is -0.120. The number of carbonyl (C=O) groups excluding carboxylic acids is 2. The van der Waals surface area contributed by atoms with E-state index in [2.05, 4.69) is 30.6 Å². The summed E-state index contributed by atoms with van der Waals surface area (Å²) in [6.07, 6.45) is 2.69. The van der Waals surface area contributed by atoms with E-state index in [9.17, 15) is 14.0 Å². The van der Waals surface area contributed by atoms with E-state index in [0.29, 0.717) is 29.0 Å². The number of likely N-dealkylation sites (tertiary alicyclic amines) is 1. The lowest BCUT2D eigenvalue weighted by Crippen LogP contribution is -2.60. The third-order valence-corrected chi connectivity index (χ3v) is 5.68. The maximum atomic E-state index is 13.5. The first-order valence-electron chi connectivity index (χ1n) is 9.38. The number of fused-ring (bicyclic) bond motifs is 1. The molecule has 3 aromatic rings. The predicted molar refractivity (Wildman–Crippen MR) is 110 cm³/mol. The van der Waals surface area contributed by atoms with Crippen LogP contribution in [0.15, 0.2) is 18.5 Å². The normalized spacial score (nSPS) is 15.0.